The lowest BCUT2D eigenvalue weighted by atomic mass is 10.1. The number of aromatic nitrogens is 1. The molecule has 30 heavy (non-hydrogen) atoms. The molecule has 1 fully saturated rings. The van der Waals surface area contributed by atoms with Crippen molar-refractivity contribution in [2.45, 2.75) is 19.4 Å². The lowest BCUT2D eigenvalue weighted by Gasteiger charge is -2.28. The Balaban J connectivity index is 1.44. The van der Waals surface area contributed by atoms with Gasteiger partial charge < -0.3 is 9.80 Å². The molecule has 8 heteroatoms. The highest BCUT2D eigenvalue weighted by molar-refractivity contribution is 6.22. The van der Waals surface area contributed by atoms with E-state index in [4.69, 9.17) is 0 Å². The highest BCUT2D eigenvalue weighted by atomic mass is 16.2. The third-order valence-corrected chi connectivity index (χ3v) is 5.59. The van der Waals surface area contributed by atoms with E-state index in [-0.39, 0.29) is 11.8 Å². The molecule has 0 radical (unpaired) electrons. The monoisotopic (exact) mass is 406 g/mol. The summed E-state index contributed by atoms with van der Waals surface area (Å²) in [5, 5.41) is 0. The fraction of sp³-hybridized carbons (Fsp3) is 0.318. The van der Waals surface area contributed by atoms with Crippen LogP contribution in [0.3, 0.4) is 0 Å². The molecule has 1 saturated heterocycles. The van der Waals surface area contributed by atoms with Gasteiger partial charge in [0.15, 0.2) is 0 Å². The molecule has 8 nitrogen and oxygen atoms in total. The maximum Gasteiger partial charge on any atom is 0.262 e. The number of benzene rings is 1. The zero-order chi connectivity index (χ0) is 21.3. The lowest BCUT2D eigenvalue weighted by molar-refractivity contribution is -0.134. The van der Waals surface area contributed by atoms with Crippen LogP contribution in [0.4, 0.5) is 0 Å². The van der Waals surface area contributed by atoms with Gasteiger partial charge in [0.05, 0.1) is 11.1 Å². The van der Waals surface area contributed by atoms with E-state index in [1.807, 2.05) is 0 Å². The van der Waals surface area contributed by atoms with Crippen molar-refractivity contribution in [1.82, 2.24) is 19.7 Å². The van der Waals surface area contributed by atoms with Crippen LogP contribution in [0.2, 0.25) is 0 Å². The van der Waals surface area contributed by atoms with Crippen LogP contribution in [0.25, 0.3) is 0 Å². The maximum absolute atomic E-state index is 13.1. The van der Waals surface area contributed by atoms with Crippen molar-refractivity contribution in [2.75, 3.05) is 26.2 Å². The van der Waals surface area contributed by atoms with Crippen LogP contribution >= 0.6 is 0 Å². The topological polar surface area (TPSA) is 90.9 Å². The van der Waals surface area contributed by atoms with E-state index in [2.05, 4.69) is 4.98 Å². The molecule has 4 rings (SSSR count). The summed E-state index contributed by atoms with van der Waals surface area (Å²) in [6, 6.07) is 9.02. The van der Waals surface area contributed by atoms with Gasteiger partial charge in [0.1, 0.15) is 6.04 Å². The van der Waals surface area contributed by atoms with Gasteiger partial charge in [0.2, 0.25) is 5.91 Å². The molecule has 0 bridgehead atoms. The summed E-state index contributed by atoms with van der Waals surface area (Å²) in [5.74, 6) is -1.27. The van der Waals surface area contributed by atoms with Crippen LogP contribution in [0.5, 0.6) is 0 Å². The van der Waals surface area contributed by atoms with Gasteiger partial charge in [0, 0.05) is 44.1 Å². The molecular formula is C22H22N4O4. The van der Waals surface area contributed by atoms with Crippen molar-refractivity contribution in [3.05, 3.63) is 65.5 Å². The SMILES string of the molecule is CC(C(=O)N1CCCN(C(=O)c2ccncc2)CC1)N1C(=O)c2ccccc2C1=O. The van der Waals surface area contributed by atoms with E-state index in [1.54, 1.807) is 65.5 Å². The van der Waals surface area contributed by atoms with Gasteiger partial charge in [-0.2, -0.15) is 0 Å². The number of carbonyl (C=O) groups is 4. The molecule has 0 aliphatic carbocycles. The van der Waals surface area contributed by atoms with Gasteiger partial charge >= 0.3 is 0 Å². The molecule has 2 aromatic rings. The zero-order valence-corrected chi connectivity index (χ0v) is 16.7. The second-order valence-corrected chi connectivity index (χ2v) is 7.41. The van der Waals surface area contributed by atoms with Gasteiger partial charge in [0.25, 0.3) is 17.7 Å². The second-order valence-electron chi connectivity index (χ2n) is 7.41. The second kappa shape index (κ2) is 8.06. The van der Waals surface area contributed by atoms with E-state index in [9.17, 15) is 19.2 Å². The number of hydrogen-bond donors (Lipinski definition) is 0. The number of fused-ring (bicyclic) bond motifs is 1. The van der Waals surface area contributed by atoms with Crippen molar-refractivity contribution in [1.29, 1.82) is 0 Å². The van der Waals surface area contributed by atoms with E-state index in [0.717, 1.165) is 4.90 Å². The molecule has 1 aromatic carbocycles. The molecule has 4 amide bonds. The Morgan fingerprint density at radius 2 is 1.43 bits per heavy atom. The smallest absolute Gasteiger partial charge is 0.262 e. The Labute approximate surface area is 174 Å². The summed E-state index contributed by atoms with van der Waals surface area (Å²) >= 11 is 0. The first-order valence-corrected chi connectivity index (χ1v) is 9.94. The van der Waals surface area contributed by atoms with Crippen molar-refractivity contribution < 1.29 is 19.2 Å². The quantitative estimate of drug-likeness (QED) is 0.720. The lowest BCUT2D eigenvalue weighted by Crippen LogP contribution is -2.50. The number of hydrogen-bond acceptors (Lipinski definition) is 5. The average molecular weight is 406 g/mol. The first-order chi connectivity index (χ1) is 14.5. The molecule has 0 spiro atoms. The molecule has 2 aliphatic rings. The van der Waals surface area contributed by atoms with Gasteiger partial charge in [-0.1, -0.05) is 12.1 Å². The van der Waals surface area contributed by atoms with Crippen molar-refractivity contribution in [3.8, 4) is 0 Å². The summed E-state index contributed by atoms with van der Waals surface area (Å²) in [7, 11) is 0. The fourth-order valence-corrected chi connectivity index (χ4v) is 3.95. The number of rotatable bonds is 3. The Morgan fingerprint density at radius 3 is 2.07 bits per heavy atom. The molecule has 1 unspecified atom stereocenters. The number of carbonyl (C=O) groups excluding carboxylic acids is 4. The Hall–Kier alpha value is -3.55. The first-order valence-electron chi connectivity index (χ1n) is 9.94. The van der Waals surface area contributed by atoms with Crippen molar-refractivity contribution in [2.24, 2.45) is 0 Å². The molecule has 154 valence electrons. The molecular weight excluding hydrogens is 384 g/mol. The molecule has 2 aliphatic heterocycles. The minimum Gasteiger partial charge on any atom is -0.339 e. The molecule has 1 aromatic heterocycles. The summed E-state index contributed by atoms with van der Waals surface area (Å²) in [5.41, 5.74) is 1.21. The molecule has 0 saturated carbocycles. The summed E-state index contributed by atoms with van der Waals surface area (Å²) in [6.07, 6.45) is 3.77. The molecule has 1 atom stereocenters. The minimum absolute atomic E-state index is 0.0971. The van der Waals surface area contributed by atoms with Gasteiger partial charge in [-0.15, -0.1) is 0 Å². The minimum atomic E-state index is -0.903. The predicted molar refractivity (Wildman–Crippen MR) is 108 cm³/mol. The Bertz CT molecular complexity index is 972. The van der Waals surface area contributed by atoms with Crippen LogP contribution in [0, 0.1) is 0 Å². The van der Waals surface area contributed by atoms with E-state index < -0.39 is 17.9 Å². The van der Waals surface area contributed by atoms with Crippen LogP contribution in [-0.2, 0) is 4.79 Å². The summed E-state index contributed by atoms with van der Waals surface area (Å²) in [4.78, 5) is 59.5. The van der Waals surface area contributed by atoms with Crippen LogP contribution in [0.15, 0.2) is 48.8 Å². The largest absolute Gasteiger partial charge is 0.339 e. The van der Waals surface area contributed by atoms with Crippen LogP contribution < -0.4 is 0 Å². The molecule has 3 heterocycles. The number of nitrogens with zero attached hydrogens (tertiary/aromatic N) is 4. The number of pyridine rings is 1. The highest BCUT2D eigenvalue weighted by Gasteiger charge is 2.41. The Kier molecular flexibility index (Phi) is 5.31. The van der Waals surface area contributed by atoms with Crippen molar-refractivity contribution >= 4 is 23.6 Å². The standard InChI is InChI=1S/C22H22N4O4/c1-15(26-21(29)17-5-2-3-6-18(17)22(26)30)19(27)24-11-4-12-25(14-13-24)20(28)16-7-9-23-10-8-16/h2-3,5-10,15H,4,11-14H2,1H3. The van der Waals surface area contributed by atoms with Gasteiger partial charge in [-0.3, -0.25) is 29.1 Å². The predicted octanol–water partition coefficient (Wildman–Crippen LogP) is 1.44. The van der Waals surface area contributed by atoms with Gasteiger partial charge in [-0.05, 0) is 37.6 Å². The third kappa shape index (κ3) is 3.45. The Morgan fingerprint density at radius 1 is 0.867 bits per heavy atom. The van der Waals surface area contributed by atoms with E-state index in [1.165, 1.54) is 0 Å². The normalized spacial score (nSPS) is 17.6. The summed E-state index contributed by atoms with van der Waals surface area (Å²) < 4.78 is 0. The molecule has 0 N–H and O–H groups in total. The number of amides is 4. The maximum atomic E-state index is 13.1. The van der Waals surface area contributed by atoms with Crippen molar-refractivity contribution in [3.63, 3.8) is 0 Å². The number of imide groups is 1. The van der Waals surface area contributed by atoms with Crippen LogP contribution in [-0.4, -0.2) is 75.5 Å². The van der Waals surface area contributed by atoms with E-state index >= 15 is 0 Å². The van der Waals surface area contributed by atoms with Gasteiger partial charge in [-0.25, -0.2) is 0 Å². The first kappa shape index (κ1) is 19.8. The average Bonchev–Trinajstić information content (AvgIpc) is 2.94. The summed E-state index contributed by atoms with van der Waals surface area (Å²) in [6.45, 7) is 3.32. The third-order valence-electron chi connectivity index (χ3n) is 5.59. The zero-order valence-electron chi connectivity index (χ0n) is 16.7. The van der Waals surface area contributed by atoms with Crippen LogP contribution in [0.1, 0.15) is 44.4 Å². The van der Waals surface area contributed by atoms with E-state index in [0.29, 0.717) is 49.3 Å². The fourth-order valence-electron chi connectivity index (χ4n) is 3.95. The highest BCUT2D eigenvalue weighted by Crippen LogP contribution is 2.25.